The van der Waals surface area contributed by atoms with Crippen LogP contribution >= 0.6 is 0 Å². The van der Waals surface area contributed by atoms with E-state index >= 15 is 0 Å². The van der Waals surface area contributed by atoms with Gasteiger partial charge in [-0.1, -0.05) is 30.3 Å². The smallest absolute Gasteiger partial charge is 0.269 e. The van der Waals surface area contributed by atoms with Crippen LogP contribution in [0.25, 0.3) is 0 Å². The van der Waals surface area contributed by atoms with Crippen LogP contribution in [0.5, 0.6) is 0 Å². The standard InChI is InChI=1S/C15H13N3O2/c16-8-11-6-7-13(17-9-11)15(20)18-10-14(19)12-4-2-1-3-5-12/h1-7,9,14,19H,10H2,(H,18,20). The Balaban J connectivity index is 1.93. The van der Waals surface area contributed by atoms with Crippen LogP contribution in [0, 0.1) is 11.3 Å². The van der Waals surface area contributed by atoms with Crippen molar-refractivity contribution in [1.29, 1.82) is 5.26 Å². The van der Waals surface area contributed by atoms with Gasteiger partial charge in [-0.2, -0.15) is 5.26 Å². The van der Waals surface area contributed by atoms with E-state index < -0.39 is 6.10 Å². The molecular formula is C15H13N3O2. The molecule has 1 amide bonds. The maximum atomic E-state index is 11.8. The molecule has 2 rings (SSSR count). The first-order valence-corrected chi connectivity index (χ1v) is 6.08. The SMILES string of the molecule is N#Cc1ccc(C(=O)NCC(O)c2ccccc2)nc1. The molecule has 0 saturated carbocycles. The zero-order chi connectivity index (χ0) is 14.4. The lowest BCUT2D eigenvalue weighted by Crippen LogP contribution is -2.29. The molecule has 0 aliphatic rings. The molecule has 20 heavy (non-hydrogen) atoms. The maximum Gasteiger partial charge on any atom is 0.269 e. The predicted octanol–water partition coefficient (Wildman–Crippen LogP) is 1.42. The van der Waals surface area contributed by atoms with Crippen LogP contribution in [0.4, 0.5) is 0 Å². The fourth-order valence-electron chi connectivity index (χ4n) is 1.67. The molecule has 1 atom stereocenters. The fraction of sp³-hybridized carbons (Fsp3) is 0.133. The van der Waals surface area contributed by atoms with Gasteiger partial charge in [-0.15, -0.1) is 0 Å². The molecule has 1 aromatic heterocycles. The Morgan fingerprint density at radius 1 is 1.30 bits per heavy atom. The third-order valence-electron chi connectivity index (χ3n) is 2.77. The number of aliphatic hydroxyl groups excluding tert-OH is 1. The number of carbonyl (C=O) groups excluding carboxylic acids is 1. The second-order valence-corrected chi connectivity index (χ2v) is 4.18. The highest BCUT2D eigenvalue weighted by Crippen LogP contribution is 2.10. The quantitative estimate of drug-likeness (QED) is 0.877. The van der Waals surface area contributed by atoms with E-state index in [1.54, 1.807) is 12.1 Å². The lowest BCUT2D eigenvalue weighted by Gasteiger charge is -2.11. The van der Waals surface area contributed by atoms with E-state index in [1.165, 1.54) is 18.3 Å². The van der Waals surface area contributed by atoms with Crippen molar-refractivity contribution < 1.29 is 9.90 Å². The minimum absolute atomic E-state index is 0.102. The third-order valence-corrected chi connectivity index (χ3v) is 2.77. The number of aliphatic hydroxyl groups is 1. The number of rotatable bonds is 4. The number of nitrogens with zero attached hydrogens (tertiary/aromatic N) is 2. The van der Waals surface area contributed by atoms with Gasteiger partial charge in [0, 0.05) is 12.7 Å². The second-order valence-electron chi connectivity index (χ2n) is 4.18. The van der Waals surface area contributed by atoms with Gasteiger partial charge in [-0.3, -0.25) is 4.79 Å². The van der Waals surface area contributed by atoms with Gasteiger partial charge in [0.1, 0.15) is 11.8 Å². The molecule has 0 aliphatic heterocycles. The Morgan fingerprint density at radius 2 is 2.05 bits per heavy atom. The van der Waals surface area contributed by atoms with Crippen LogP contribution in [0.15, 0.2) is 48.7 Å². The van der Waals surface area contributed by atoms with E-state index in [2.05, 4.69) is 10.3 Å². The predicted molar refractivity (Wildman–Crippen MR) is 72.7 cm³/mol. The van der Waals surface area contributed by atoms with E-state index in [9.17, 15) is 9.90 Å². The summed E-state index contributed by atoms with van der Waals surface area (Å²) in [5.41, 5.74) is 1.34. The minimum Gasteiger partial charge on any atom is -0.387 e. The molecular weight excluding hydrogens is 254 g/mol. The Bertz CT molecular complexity index is 618. The molecule has 0 saturated heterocycles. The van der Waals surface area contributed by atoms with Crippen LogP contribution in [0.2, 0.25) is 0 Å². The molecule has 1 aromatic carbocycles. The van der Waals surface area contributed by atoms with Crippen LogP contribution < -0.4 is 5.32 Å². The van der Waals surface area contributed by atoms with Crippen molar-refractivity contribution in [2.24, 2.45) is 0 Å². The van der Waals surface area contributed by atoms with Crippen molar-refractivity contribution in [3.63, 3.8) is 0 Å². The molecule has 1 unspecified atom stereocenters. The molecule has 2 aromatic rings. The number of hydrogen-bond acceptors (Lipinski definition) is 4. The summed E-state index contributed by atoms with van der Waals surface area (Å²) >= 11 is 0. The summed E-state index contributed by atoms with van der Waals surface area (Å²) in [7, 11) is 0. The molecule has 1 heterocycles. The van der Waals surface area contributed by atoms with Crippen LogP contribution in [-0.4, -0.2) is 22.5 Å². The van der Waals surface area contributed by atoms with Crippen molar-refractivity contribution in [2.75, 3.05) is 6.54 Å². The summed E-state index contributed by atoms with van der Waals surface area (Å²) in [5, 5.41) is 21.2. The molecule has 5 heteroatoms. The van der Waals surface area contributed by atoms with Gasteiger partial charge in [0.15, 0.2) is 0 Å². The van der Waals surface area contributed by atoms with Gasteiger partial charge in [0.25, 0.3) is 5.91 Å². The number of nitriles is 1. The molecule has 0 radical (unpaired) electrons. The molecule has 0 aliphatic carbocycles. The van der Waals surface area contributed by atoms with E-state index in [4.69, 9.17) is 5.26 Å². The lowest BCUT2D eigenvalue weighted by atomic mass is 10.1. The topological polar surface area (TPSA) is 86.0 Å². The summed E-state index contributed by atoms with van der Waals surface area (Å²) in [6.07, 6.45) is 0.571. The van der Waals surface area contributed by atoms with Crippen LogP contribution in [-0.2, 0) is 0 Å². The normalized spacial score (nSPS) is 11.4. The largest absolute Gasteiger partial charge is 0.387 e. The molecule has 100 valence electrons. The Kier molecular flexibility index (Phi) is 4.43. The summed E-state index contributed by atoms with van der Waals surface area (Å²) in [4.78, 5) is 15.7. The second kappa shape index (κ2) is 6.45. The van der Waals surface area contributed by atoms with Gasteiger partial charge >= 0.3 is 0 Å². The number of nitrogens with one attached hydrogen (secondary N) is 1. The van der Waals surface area contributed by atoms with Crippen molar-refractivity contribution in [2.45, 2.75) is 6.10 Å². The first kappa shape index (κ1) is 13.7. The average molecular weight is 267 g/mol. The van der Waals surface area contributed by atoms with Crippen molar-refractivity contribution in [3.8, 4) is 6.07 Å². The highest BCUT2D eigenvalue weighted by atomic mass is 16.3. The zero-order valence-corrected chi connectivity index (χ0v) is 10.7. The van der Waals surface area contributed by atoms with Gasteiger partial charge in [-0.05, 0) is 17.7 Å². The Labute approximate surface area is 116 Å². The number of aromatic nitrogens is 1. The summed E-state index contributed by atoms with van der Waals surface area (Å²) < 4.78 is 0. The summed E-state index contributed by atoms with van der Waals surface area (Å²) in [5.74, 6) is -0.385. The first-order chi connectivity index (χ1) is 9.70. The number of carbonyl (C=O) groups is 1. The van der Waals surface area contributed by atoms with E-state index in [-0.39, 0.29) is 18.1 Å². The minimum atomic E-state index is -0.765. The molecule has 5 nitrogen and oxygen atoms in total. The first-order valence-electron chi connectivity index (χ1n) is 6.08. The Hall–Kier alpha value is -2.71. The highest BCUT2D eigenvalue weighted by Gasteiger charge is 2.11. The van der Waals surface area contributed by atoms with Crippen molar-refractivity contribution in [3.05, 3.63) is 65.5 Å². The van der Waals surface area contributed by atoms with Crippen molar-refractivity contribution in [1.82, 2.24) is 10.3 Å². The van der Waals surface area contributed by atoms with E-state index in [0.29, 0.717) is 5.56 Å². The zero-order valence-electron chi connectivity index (χ0n) is 10.7. The van der Waals surface area contributed by atoms with Gasteiger partial charge in [0.05, 0.1) is 11.7 Å². The number of benzene rings is 1. The summed E-state index contributed by atoms with van der Waals surface area (Å²) in [6, 6.07) is 14.0. The van der Waals surface area contributed by atoms with Gasteiger partial charge in [-0.25, -0.2) is 4.98 Å². The Morgan fingerprint density at radius 3 is 2.65 bits per heavy atom. The number of pyridine rings is 1. The molecule has 2 N–H and O–H groups in total. The monoisotopic (exact) mass is 267 g/mol. The van der Waals surface area contributed by atoms with Gasteiger partial charge in [0.2, 0.25) is 0 Å². The highest BCUT2D eigenvalue weighted by molar-refractivity contribution is 5.92. The lowest BCUT2D eigenvalue weighted by molar-refractivity contribution is 0.0911. The summed E-state index contributed by atoms with van der Waals surface area (Å²) in [6.45, 7) is 0.102. The fourth-order valence-corrected chi connectivity index (χ4v) is 1.67. The number of hydrogen-bond donors (Lipinski definition) is 2. The molecule has 0 bridgehead atoms. The van der Waals surface area contributed by atoms with Gasteiger partial charge < -0.3 is 10.4 Å². The third kappa shape index (κ3) is 3.40. The van der Waals surface area contributed by atoms with Crippen molar-refractivity contribution >= 4 is 5.91 Å². The average Bonchev–Trinajstić information content (AvgIpc) is 2.53. The maximum absolute atomic E-state index is 11.8. The van der Waals surface area contributed by atoms with E-state index in [1.807, 2.05) is 24.3 Å². The van der Waals surface area contributed by atoms with Crippen LogP contribution in [0.3, 0.4) is 0 Å². The molecule has 0 fully saturated rings. The number of amides is 1. The van der Waals surface area contributed by atoms with E-state index in [0.717, 1.165) is 5.56 Å². The van der Waals surface area contributed by atoms with Crippen LogP contribution in [0.1, 0.15) is 27.7 Å². The molecule has 0 spiro atoms.